The molecule has 0 unspecified atom stereocenters. The smallest absolute Gasteiger partial charge is 0.241 e. The zero-order valence-corrected chi connectivity index (χ0v) is 20.9. The van der Waals surface area contributed by atoms with E-state index in [9.17, 15) is 24.3 Å². The number of likely N-dealkylation sites (tertiary alicyclic amines) is 1. The van der Waals surface area contributed by atoms with E-state index in [-0.39, 0.29) is 41.0 Å². The fourth-order valence-corrected chi connectivity index (χ4v) is 7.25. The molecular weight excluding hydrogens is 472 g/mol. The van der Waals surface area contributed by atoms with Gasteiger partial charge in [0.05, 0.1) is 36.0 Å². The number of para-hydroxylation sites is 1. The van der Waals surface area contributed by atoms with Gasteiger partial charge in [0.2, 0.25) is 23.6 Å². The van der Waals surface area contributed by atoms with Gasteiger partial charge in [-0.05, 0) is 55.5 Å². The Morgan fingerprint density at radius 3 is 2.41 bits per heavy atom. The first-order chi connectivity index (χ1) is 17.7. The Kier molecular flexibility index (Phi) is 5.09. The van der Waals surface area contributed by atoms with Crippen LogP contribution in [-0.4, -0.2) is 47.8 Å². The predicted molar refractivity (Wildman–Crippen MR) is 133 cm³/mol. The normalized spacial score (nSPS) is 32.7. The molecule has 4 amide bonds. The lowest BCUT2D eigenvalue weighted by atomic mass is 9.51. The van der Waals surface area contributed by atoms with Crippen LogP contribution in [0.2, 0.25) is 0 Å². The monoisotopic (exact) mass is 500 g/mol. The van der Waals surface area contributed by atoms with Gasteiger partial charge in [-0.3, -0.25) is 24.1 Å². The van der Waals surface area contributed by atoms with Gasteiger partial charge in [0.1, 0.15) is 0 Å². The number of methoxy groups -OCH3 is 1. The summed E-state index contributed by atoms with van der Waals surface area (Å²) >= 11 is 0. The van der Waals surface area contributed by atoms with E-state index in [4.69, 9.17) is 4.74 Å². The molecule has 8 heteroatoms. The SMILES string of the molecule is COc1cc([C@H]2C3=CC[C@@H]4C(=O)N(C)C(=O)[C@@H]4[C@@H]3C[C@H]3C(=O)N(c4ccccc4)C(=O)[C@@]23C)ccc1O. The summed E-state index contributed by atoms with van der Waals surface area (Å²) in [4.78, 5) is 56.7. The molecule has 0 aromatic heterocycles. The van der Waals surface area contributed by atoms with Crippen molar-refractivity contribution >= 4 is 29.3 Å². The second-order valence-corrected chi connectivity index (χ2v) is 10.7. The highest BCUT2D eigenvalue weighted by Crippen LogP contribution is 2.63. The maximum absolute atomic E-state index is 14.2. The van der Waals surface area contributed by atoms with E-state index in [1.54, 1.807) is 36.4 Å². The predicted octanol–water partition coefficient (Wildman–Crippen LogP) is 3.26. The molecule has 2 saturated heterocycles. The molecule has 37 heavy (non-hydrogen) atoms. The molecule has 2 aliphatic carbocycles. The molecule has 2 aromatic rings. The first-order valence-corrected chi connectivity index (χ1v) is 12.5. The fraction of sp³-hybridized carbons (Fsp3) is 0.379. The number of anilines is 1. The van der Waals surface area contributed by atoms with Gasteiger partial charge >= 0.3 is 0 Å². The molecule has 2 aliphatic heterocycles. The third-order valence-corrected chi connectivity index (χ3v) is 9.05. The number of aromatic hydroxyl groups is 1. The minimum absolute atomic E-state index is 0.0315. The summed E-state index contributed by atoms with van der Waals surface area (Å²) in [7, 11) is 2.97. The Balaban J connectivity index is 1.55. The number of hydrogen-bond donors (Lipinski definition) is 1. The van der Waals surface area contributed by atoms with Crippen molar-refractivity contribution in [1.82, 2.24) is 4.90 Å². The molecule has 3 fully saturated rings. The van der Waals surface area contributed by atoms with Crippen LogP contribution in [0.5, 0.6) is 11.5 Å². The lowest BCUT2D eigenvalue weighted by Crippen LogP contribution is -2.48. The molecular formula is C29H28N2O6. The number of benzene rings is 2. The van der Waals surface area contributed by atoms with Crippen molar-refractivity contribution in [2.24, 2.45) is 29.1 Å². The molecule has 1 N–H and O–H groups in total. The van der Waals surface area contributed by atoms with E-state index < -0.39 is 29.1 Å². The van der Waals surface area contributed by atoms with Gasteiger partial charge in [-0.1, -0.05) is 35.9 Å². The van der Waals surface area contributed by atoms with Crippen LogP contribution in [-0.2, 0) is 19.2 Å². The van der Waals surface area contributed by atoms with E-state index >= 15 is 0 Å². The number of carbonyl (C=O) groups is 4. The Morgan fingerprint density at radius 2 is 1.70 bits per heavy atom. The van der Waals surface area contributed by atoms with Gasteiger partial charge in [-0.15, -0.1) is 0 Å². The van der Waals surface area contributed by atoms with Crippen LogP contribution in [0.15, 0.2) is 60.2 Å². The van der Waals surface area contributed by atoms with E-state index in [0.717, 1.165) is 11.1 Å². The average Bonchev–Trinajstić information content (AvgIpc) is 3.24. The van der Waals surface area contributed by atoms with E-state index in [0.29, 0.717) is 18.5 Å². The van der Waals surface area contributed by atoms with Crippen LogP contribution in [0.25, 0.3) is 0 Å². The third kappa shape index (κ3) is 3.01. The number of allylic oxidation sites excluding steroid dienone is 2. The molecule has 8 nitrogen and oxygen atoms in total. The topological polar surface area (TPSA) is 104 Å². The minimum atomic E-state index is -1.12. The quantitative estimate of drug-likeness (QED) is 0.513. The number of imide groups is 2. The van der Waals surface area contributed by atoms with Crippen LogP contribution in [0.3, 0.4) is 0 Å². The summed E-state index contributed by atoms with van der Waals surface area (Å²) < 4.78 is 5.37. The van der Waals surface area contributed by atoms with Crippen molar-refractivity contribution < 1.29 is 29.0 Å². The number of amides is 4. The van der Waals surface area contributed by atoms with Crippen molar-refractivity contribution in [3.05, 3.63) is 65.7 Å². The Bertz CT molecular complexity index is 1380. The zero-order valence-electron chi connectivity index (χ0n) is 20.9. The van der Waals surface area contributed by atoms with Crippen LogP contribution < -0.4 is 9.64 Å². The van der Waals surface area contributed by atoms with Crippen molar-refractivity contribution in [1.29, 1.82) is 0 Å². The van der Waals surface area contributed by atoms with Crippen LogP contribution in [0.1, 0.15) is 31.2 Å². The van der Waals surface area contributed by atoms with Gasteiger partial charge < -0.3 is 9.84 Å². The minimum Gasteiger partial charge on any atom is -0.504 e. The van der Waals surface area contributed by atoms with Crippen LogP contribution in [0, 0.1) is 29.1 Å². The largest absolute Gasteiger partial charge is 0.504 e. The molecule has 6 rings (SSSR count). The first kappa shape index (κ1) is 23.5. The number of phenolic OH excluding ortho intramolecular Hbond substituents is 1. The summed E-state index contributed by atoms with van der Waals surface area (Å²) in [6, 6.07) is 13.9. The summed E-state index contributed by atoms with van der Waals surface area (Å²) in [5.74, 6) is -3.36. The zero-order chi connectivity index (χ0) is 26.2. The summed E-state index contributed by atoms with van der Waals surface area (Å²) in [6.07, 6.45) is 2.73. The molecule has 1 saturated carbocycles. The molecule has 2 aromatic carbocycles. The number of nitrogens with zero attached hydrogens (tertiary/aromatic N) is 2. The highest BCUT2D eigenvalue weighted by molar-refractivity contribution is 6.24. The number of rotatable bonds is 3. The van der Waals surface area contributed by atoms with Gasteiger partial charge in [-0.2, -0.15) is 0 Å². The van der Waals surface area contributed by atoms with Crippen molar-refractivity contribution in [3.8, 4) is 11.5 Å². The standard InChI is InChI=1S/C29H28N2O6/c1-29-20(26(34)31(28(29)36)16-7-5-4-6-8-16)14-19-17(10-11-18-23(19)27(35)30(2)25(18)33)24(29)15-9-12-21(32)22(13-15)37-3/h4-10,12-13,18-20,23-24,32H,11,14H2,1-3H3/t18-,19+,20-,23-,24-,29+/m0/s1. The van der Waals surface area contributed by atoms with Crippen molar-refractivity contribution in [2.75, 3.05) is 19.1 Å². The first-order valence-electron chi connectivity index (χ1n) is 12.5. The third-order valence-electron chi connectivity index (χ3n) is 9.05. The van der Waals surface area contributed by atoms with E-state index in [1.165, 1.54) is 30.0 Å². The van der Waals surface area contributed by atoms with Crippen molar-refractivity contribution in [2.45, 2.75) is 25.7 Å². The average molecular weight is 501 g/mol. The summed E-state index contributed by atoms with van der Waals surface area (Å²) in [6.45, 7) is 1.84. The van der Waals surface area contributed by atoms with Gasteiger partial charge in [-0.25, -0.2) is 4.90 Å². The Hall–Kier alpha value is -3.94. The van der Waals surface area contributed by atoms with Crippen LogP contribution >= 0.6 is 0 Å². The molecule has 2 heterocycles. The van der Waals surface area contributed by atoms with Gasteiger partial charge in [0.15, 0.2) is 11.5 Å². The molecule has 6 atom stereocenters. The van der Waals surface area contributed by atoms with Crippen LogP contribution in [0.4, 0.5) is 5.69 Å². The van der Waals surface area contributed by atoms with Crippen molar-refractivity contribution in [3.63, 3.8) is 0 Å². The highest BCUT2D eigenvalue weighted by atomic mass is 16.5. The number of ether oxygens (including phenoxy) is 1. The molecule has 4 aliphatic rings. The van der Waals surface area contributed by atoms with Gasteiger partial charge in [0.25, 0.3) is 0 Å². The second-order valence-electron chi connectivity index (χ2n) is 10.7. The second kappa shape index (κ2) is 8.03. The molecule has 0 radical (unpaired) electrons. The number of carbonyl (C=O) groups excluding carboxylic acids is 4. The molecule has 0 bridgehead atoms. The number of hydrogen-bond acceptors (Lipinski definition) is 6. The molecule has 190 valence electrons. The molecule has 0 spiro atoms. The highest BCUT2D eigenvalue weighted by Gasteiger charge is 2.67. The maximum Gasteiger partial charge on any atom is 0.241 e. The summed E-state index contributed by atoms with van der Waals surface area (Å²) in [5, 5.41) is 10.3. The van der Waals surface area contributed by atoms with Gasteiger partial charge in [0, 0.05) is 13.0 Å². The Labute approximate surface area is 214 Å². The lowest BCUT2D eigenvalue weighted by molar-refractivity contribution is -0.138. The lowest BCUT2D eigenvalue weighted by Gasteiger charge is -2.49. The van der Waals surface area contributed by atoms with E-state index in [1.807, 2.05) is 19.1 Å². The fourth-order valence-electron chi connectivity index (χ4n) is 7.25. The number of phenols is 1. The summed E-state index contributed by atoms with van der Waals surface area (Å²) in [5.41, 5.74) is 1.01. The number of fused-ring (bicyclic) bond motifs is 4. The van der Waals surface area contributed by atoms with E-state index in [2.05, 4.69) is 0 Å². The maximum atomic E-state index is 14.2. The Morgan fingerprint density at radius 1 is 0.973 bits per heavy atom.